The van der Waals surface area contributed by atoms with E-state index in [1.54, 1.807) is 0 Å². The molecule has 1 saturated carbocycles. The lowest BCUT2D eigenvalue weighted by molar-refractivity contribution is 0.282. The Balaban J connectivity index is 1.90. The van der Waals surface area contributed by atoms with Gasteiger partial charge in [-0.1, -0.05) is 24.3 Å². The molecule has 14 heavy (non-hydrogen) atoms. The molecule has 2 aliphatic rings. The lowest BCUT2D eigenvalue weighted by Gasteiger charge is -2.12. The molecule has 0 amide bonds. The van der Waals surface area contributed by atoms with Crippen molar-refractivity contribution in [2.24, 2.45) is 5.92 Å². The highest BCUT2D eigenvalue weighted by molar-refractivity contribution is 5.38. The van der Waals surface area contributed by atoms with Crippen molar-refractivity contribution < 1.29 is 5.11 Å². The van der Waals surface area contributed by atoms with Crippen LogP contribution in [0.3, 0.4) is 0 Å². The SMILES string of the molecule is OCc1ccc(C23CNCC2C3)cc1. The Kier molecular flexibility index (Phi) is 1.70. The quantitative estimate of drug-likeness (QED) is 0.728. The minimum absolute atomic E-state index is 0.148. The molecule has 2 nitrogen and oxygen atoms in total. The molecule has 74 valence electrons. The summed E-state index contributed by atoms with van der Waals surface area (Å²) >= 11 is 0. The second-order valence-corrected chi connectivity index (χ2v) is 4.54. The Morgan fingerprint density at radius 2 is 2.14 bits per heavy atom. The van der Waals surface area contributed by atoms with E-state index in [1.807, 2.05) is 12.1 Å². The molecule has 0 bridgehead atoms. The van der Waals surface area contributed by atoms with Crippen molar-refractivity contribution in [3.63, 3.8) is 0 Å². The molecule has 1 aromatic rings. The summed E-state index contributed by atoms with van der Waals surface area (Å²) in [6.45, 7) is 2.47. The standard InChI is InChI=1S/C12H15NO/c14-7-9-1-3-10(4-2-9)12-5-11(12)6-13-8-12/h1-4,11,13-14H,5-8H2. The summed E-state index contributed by atoms with van der Waals surface area (Å²) in [4.78, 5) is 0. The van der Waals surface area contributed by atoms with Gasteiger partial charge in [0.2, 0.25) is 0 Å². The molecule has 2 N–H and O–H groups in total. The maximum Gasteiger partial charge on any atom is 0.0681 e. The second-order valence-electron chi connectivity index (χ2n) is 4.54. The molecule has 2 atom stereocenters. The molecule has 2 heteroatoms. The lowest BCUT2D eigenvalue weighted by atomic mass is 9.94. The van der Waals surface area contributed by atoms with Crippen molar-refractivity contribution in [1.29, 1.82) is 0 Å². The zero-order valence-electron chi connectivity index (χ0n) is 8.16. The van der Waals surface area contributed by atoms with Crippen LogP contribution in [0, 0.1) is 5.92 Å². The van der Waals surface area contributed by atoms with Gasteiger partial charge < -0.3 is 10.4 Å². The summed E-state index contributed by atoms with van der Waals surface area (Å²) in [5.74, 6) is 0.863. The van der Waals surface area contributed by atoms with Crippen LogP contribution in [0.4, 0.5) is 0 Å². The van der Waals surface area contributed by atoms with Gasteiger partial charge in [-0.3, -0.25) is 0 Å². The van der Waals surface area contributed by atoms with E-state index >= 15 is 0 Å². The van der Waals surface area contributed by atoms with E-state index in [4.69, 9.17) is 5.11 Å². The molecule has 3 rings (SSSR count). The fraction of sp³-hybridized carbons (Fsp3) is 0.500. The summed E-state index contributed by atoms with van der Waals surface area (Å²) in [7, 11) is 0. The molecule has 2 unspecified atom stereocenters. The van der Waals surface area contributed by atoms with Crippen LogP contribution in [0.25, 0.3) is 0 Å². The zero-order valence-corrected chi connectivity index (χ0v) is 8.16. The molecule has 1 aliphatic carbocycles. The molecule has 1 aromatic carbocycles. The Labute approximate surface area is 84.0 Å². The monoisotopic (exact) mass is 189 g/mol. The van der Waals surface area contributed by atoms with Crippen LogP contribution >= 0.6 is 0 Å². The number of hydrogen-bond donors (Lipinski definition) is 2. The van der Waals surface area contributed by atoms with Gasteiger partial charge in [0.1, 0.15) is 0 Å². The maximum atomic E-state index is 8.96. The Bertz CT molecular complexity index is 346. The predicted molar refractivity (Wildman–Crippen MR) is 55.0 cm³/mol. The average Bonchev–Trinajstić information content (AvgIpc) is 2.82. The number of hydrogen-bond acceptors (Lipinski definition) is 2. The fourth-order valence-corrected chi connectivity index (χ4v) is 2.73. The zero-order chi connectivity index (χ0) is 9.60. The van der Waals surface area contributed by atoms with E-state index in [0.717, 1.165) is 18.0 Å². The Morgan fingerprint density at radius 3 is 2.64 bits per heavy atom. The molecule has 1 heterocycles. The first-order valence-electron chi connectivity index (χ1n) is 5.26. The van der Waals surface area contributed by atoms with Crippen LogP contribution in [0.15, 0.2) is 24.3 Å². The van der Waals surface area contributed by atoms with Crippen molar-refractivity contribution in [1.82, 2.24) is 5.32 Å². The molecule has 2 fully saturated rings. The summed E-state index contributed by atoms with van der Waals surface area (Å²) in [6, 6.07) is 8.44. The van der Waals surface area contributed by atoms with Gasteiger partial charge in [0, 0.05) is 12.0 Å². The lowest BCUT2D eigenvalue weighted by Crippen LogP contribution is -2.19. The Hall–Kier alpha value is -0.860. The third-order valence-electron chi connectivity index (χ3n) is 3.77. The fourth-order valence-electron chi connectivity index (χ4n) is 2.73. The predicted octanol–water partition coefficient (Wildman–Crippen LogP) is 1.04. The van der Waals surface area contributed by atoms with Crippen molar-refractivity contribution >= 4 is 0 Å². The van der Waals surface area contributed by atoms with Crippen molar-refractivity contribution in [3.8, 4) is 0 Å². The minimum Gasteiger partial charge on any atom is -0.392 e. The normalized spacial score (nSPS) is 34.2. The van der Waals surface area contributed by atoms with E-state index in [-0.39, 0.29) is 6.61 Å². The van der Waals surface area contributed by atoms with Crippen LogP contribution in [0.1, 0.15) is 17.5 Å². The van der Waals surface area contributed by atoms with Crippen molar-refractivity contribution in [2.45, 2.75) is 18.4 Å². The van der Waals surface area contributed by atoms with E-state index < -0.39 is 0 Å². The molecule has 1 saturated heterocycles. The highest BCUT2D eigenvalue weighted by Gasteiger charge is 2.57. The van der Waals surface area contributed by atoms with Crippen LogP contribution < -0.4 is 5.32 Å². The van der Waals surface area contributed by atoms with Gasteiger partial charge in [-0.15, -0.1) is 0 Å². The van der Waals surface area contributed by atoms with Crippen LogP contribution in [-0.2, 0) is 12.0 Å². The molecular weight excluding hydrogens is 174 g/mol. The molecule has 0 aromatic heterocycles. The first kappa shape index (κ1) is 8.45. The van der Waals surface area contributed by atoms with Crippen molar-refractivity contribution in [2.75, 3.05) is 13.1 Å². The highest BCUT2D eigenvalue weighted by atomic mass is 16.3. The number of nitrogens with one attached hydrogen (secondary N) is 1. The third kappa shape index (κ3) is 1.04. The number of benzene rings is 1. The third-order valence-corrected chi connectivity index (χ3v) is 3.77. The molecule has 0 spiro atoms. The molecular formula is C12H15NO. The number of rotatable bonds is 2. The topological polar surface area (TPSA) is 32.3 Å². The number of piperidine rings is 1. The van der Waals surface area contributed by atoms with Gasteiger partial charge in [0.05, 0.1) is 6.61 Å². The largest absolute Gasteiger partial charge is 0.392 e. The Morgan fingerprint density at radius 1 is 1.36 bits per heavy atom. The van der Waals surface area contributed by atoms with E-state index in [1.165, 1.54) is 18.5 Å². The van der Waals surface area contributed by atoms with Crippen LogP contribution in [-0.4, -0.2) is 18.2 Å². The maximum absolute atomic E-state index is 8.96. The average molecular weight is 189 g/mol. The van der Waals surface area contributed by atoms with E-state index in [2.05, 4.69) is 17.4 Å². The first-order chi connectivity index (χ1) is 6.85. The first-order valence-corrected chi connectivity index (χ1v) is 5.26. The number of fused-ring (bicyclic) bond motifs is 1. The van der Waals surface area contributed by atoms with Gasteiger partial charge in [0.15, 0.2) is 0 Å². The van der Waals surface area contributed by atoms with E-state index in [0.29, 0.717) is 5.41 Å². The van der Waals surface area contributed by atoms with Crippen LogP contribution in [0.5, 0.6) is 0 Å². The van der Waals surface area contributed by atoms with Crippen molar-refractivity contribution in [3.05, 3.63) is 35.4 Å². The van der Waals surface area contributed by atoms with Gasteiger partial charge in [0.25, 0.3) is 0 Å². The smallest absolute Gasteiger partial charge is 0.0681 e. The summed E-state index contributed by atoms with van der Waals surface area (Å²) < 4.78 is 0. The summed E-state index contributed by atoms with van der Waals surface area (Å²) in [6.07, 6.45) is 1.35. The molecule has 0 radical (unpaired) electrons. The number of aliphatic hydroxyl groups excluding tert-OH is 1. The second kappa shape index (κ2) is 2.81. The number of aliphatic hydroxyl groups is 1. The minimum atomic E-state index is 0.148. The van der Waals surface area contributed by atoms with Gasteiger partial charge in [-0.25, -0.2) is 0 Å². The molecule has 1 aliphatic heterocycles. The van der Waals surface area contributed by atoms with E-state index in [9.17, 15) is 0 Å². The van der Waals surface area contributed by atoms with Gasteiger partial charge in [-0.2, -0.15) is 0 Å². The van der Waals surface area contributed by atoms with Gasteiger partial charge >= 0.3 is 0 Å². The highest BCUT2D eigenvalue weighted by Crippen LogP contribution is 2.56. The summed E-state index contributed by atoms with van der Waals surface area (Å²) in [5, 5.41) is 12.4. The van der Waals surface area contributed by atoms with Crippen LogP contribution in [0.2, 0.25) is 0 Å². The summed E-state index contributed by atoms with van der Waals surface area (Å²) in [5.41, 5.74) is 2.91. The van der Waals surface area contributed by atoms with Gasteiger partial charge in [-0.05, 0) is 30.0 Å².